The number of hydrogen-bond acceptors (Lipinski definition) is 3. The first-order valence-electron chi connectivity index (χ1n) is 4.40. The monoisotopic (exact) mass is 208 g/mol. The summed E-state index contributed by atoms with van der Waals surface area (Å²) in [6, 6.07) is 4.72. The molecule has 1 aromatic carbocycles. The van der Waals surface area contributed by atoms with Gasteiger partial charge < -0.3 is 4.90 Å². The van der Waals surface area contributed by atoms with Crippen molar-refractivity contribution >= 4 is 11.6 Å². The highest BCUT2D eigenvalue weighted by Gasteiger charge is 2.23. The van der Waals surface area contributed by atoms with Crippen LogP contribution < -0.4 is 0 Å². The Labute approximate surface area is 87.5 Å². The fourth-order valence-corrected chi connectivity index (χ4v) is 1.31. The summed E-state index contributed by atoms with van der Waals surface area (Å²) in [6.07, 6.45) is 0. The quantitative estimate of drug-likeness (QED) is 0.547. The first kappa shape index (κ1) is 11.2. The van der Waals surface area contributed by atoms with E-state index in [1.165, 1.54) is 11.0 Å². The molecule has 0 saturated carbocycles. The molecule has 0 spiro atoms. The van der Waals surface area contributed by atoms with E-state index in [0.29, 0.717) is 5.56 Å². The minimum Gasteiger partial charge on any atom is -0.345 e. The van der Waals surface area contributed by atoms with Gasteiger partial charge in [-0.15, -0.1) is 0 Å². The second kappa shape index (κ2) is 4.08. The van der Waals surface area contributed by atoms with Crippen molar-refractivity contribution in [3.8, 4) is 0 Å². The molecule has 0 aromatic heterocycles. The molecule has 1 amide bonds. The maximum atomic E-state index is 11.6. The number of benzene rings is 1. The number of carbonyl (C=O) groups is 1. The van der Waals surface area contributed by atoms with Crippen LogP contribution in [0, 0.1) is 17.0 Å². The number of rotatable bonds is 2. The Morgan fingerprint density at radius 1 is 1.40 bits per heavy atom. The normalized spacial score (nSPS) is 9.80. The van der Waals surface area contributed by atoms with Gasteiger partial charge >= 0.3 is 0 Å². The summed E-state index contributed by atoms with van der Waals surface area (Å²) < 4.78 is 0. The van der Waals surface area contributed by atoms with Gasteiger partial charge in [-0.05, 0) is 13.0 Å². The van der Waals surface area contributed by atoms with Crippen molar-refractivity contribution in [1.82, 2.24) is 4.90 Å². The van der Waals surface area contributed by atoms with E-state index >= 15 is 0 Å². The first-order valence-corrected chi connectivity index (χ1v) is 4.40. The van der Waals surface area contributed by atoms with Crippen LogP contribution in [0.4, 0.5) is 5.69 Å². The molecule has 5 nitrogen and oxygen atoms in total. The molecule has 15 heavy (non-hydrogen) atoms. The van der Waals surface area contributed by atoms with Gasteiger partial charge in [-0.3, -0.25) is 14.9 Å². The van der Waals surface area contributed by atoms with Gasteiger partial charge in [-0.2, -0.15) is 0 Å². The molecular formula is C10H12N2O3. The SMILES string of the molecule is Cc1cccc(C(=O)N(C)C)c1[N+](=O)[O-]. The minimum absolute atomic E-state index is 0.115. The predicted octanol–water partition coefficient (Wildman–Crippen LogP) is 1.61. The van der Waals surface area contributed by atoms with E-state index in [2.05, 4.69) is 0 Å². The Hall–Kier alpha value is -1.91. The number of aryl methyl sites for hydroxylation is 1. The molecule has 80 valence electrons. The van der Waals surface area contributed by atoms with E-state index in [-0.39, 0.29) is 17.2 Å². The summed E-state index contributed by atoms with van der Waals surface area (Å²) in [4.78, 5) is 23.2. The Bertz CT molecular complexity index is 413. The van der Waals surface area contributed by atoms with Crippen LogP contribution in [0.15, 0.2) is 18.2 Å². The van der Waals surface area contributed by atoms with E-state index in [0.717, 1.165) is 0 Å². The molecule has 0 atom stereocenters. The standard InChI is InChI=1S/C10H12N2O3/c1-7-5-4-6-8(9(7)12(14)15)10(13)11(2)3/h4-6H,1-3H3. The molecule has 1 rings (SSSR count). The molecule has 0 saturated heterocycles. The number of para-hydroxylation sites is 1. The molecule has 1 aromatic rings. The van der Waals surface area contributed by atoms with Crippen LogP contribution in [-0.4, -0.2) is 29.8 Å². The van der Waals surface area contributed by atoms with Crippen LogP contribution in [0.3, 0.4) is 0 Å². The van der Waals surface area contributed by atoms with Crippen molar-refractivity contribution in [2.45, 2.75) is 6.92 Å². The summed E-state index contributed by atoms with van der Waals surface area (Å²) in [6.45, 7) is 1.62. The van der Waals surface area contributed by atoms with E-state index in [4.69, 9.17) is 0 Å². The van der Waals surface area contributed by atoms with Crippen LogP contribution in [0.2, 0.25) is 0 Å². The number of nitrogens with zero attached hydrogens (tertiary/aromatic N) is 2. The maximum Gasteiger partial charge on any atom is 0.285 e. The zero-order valence-electron chi connectivity index (χ0n) is 8.85. The van der Waals surface area contributed by atoms with Gasteiger partial charge in [0.05, 0.1) is 4.92 Å². The Balaban J connectivity index is 3.35. The van der Waals surface area contributed by atoms with Crippen molar-refractivity contribution in [3.05, 3.63) is 39.4 Å². The summed E-state index contributed by atoms with van der Waals surface area (Å²) in [5.74, 6) is -0.356. The number of nitro benzene ring substituents is 1. The topological polar surface area (TPSA) is 63.5 Å². The second-order valence-corrected chi connectivity index (χ2v) is 3.43. The molecule has 0 bridgehead atoms. The smallest absolute Gasteiger partial charge is 0.285 e. The predicted molar refractivity (Wildman–Crippen MR) is 55.9 cm³/mol. The Morgan fingerprint density at radius 3 is 2.47 bits per heavy atom. The highest BCUT2D eigenvalue weighted by Crippen LogP contribution is 2.23. The fourth-order valence-electron chi connectivity index (χ4n) is 1.31. The van der Waals surface area contributed by atoms with Crippen molar-refractivity contribution in [2.75, 3.05) is 14.1 Å². The maximum absolute atomic E-state index is 11.6. The van der Waals surface area contributed by atoms with Crippen LogP contribution in [0.25, 0.3) is 0 Å². The van der Waals surface area contributed by atoms with Crippen molar-refractivity contribution < 1.29 is 9.72 Å². The first-order chi connectivity index (χ1) is 6.95. The van der Waals surface area contributed by atoms with Gasteiger partial charge in [0, 0.05) is 19.7 Å². The van der Waals surface area contributed by atoms with E-state index in [1.54, 1.807) is 33.2 Å². The number of carbonyl (C=O) groups excluding carboxylic acids is 1. The molecule has 0 radical (unpaired) electrons. The highest BCUT2D eigenvalue weighted by molar-refractivity contribution is 5.98. The third kappa shape index (κ3) is 2.12. The molecule has 0 unspecified atom stereocenters. The van der Waals surface area contributed by atoms with Crippen LogP contribution in [0.5, 0.6) is 0 Å². The third-order valence-corrected chi connectivity index (χ3v) is 2.06. The van der Waals surface area contributed by atoms with E-state index < -0.39 is 4.92 Å². The van der Waals surface area contributed by atoms with E-state index in [9.17, 15) is 14.9 Å². The lowest BCUT2D eigenvalue weighted by molar-refractivity contribution is -0.385. The number of hydrogen-bond donors (Lipinski definition) is 0. The molecule has 0 heterocycles. The van der Waals surface area contributed by atoms with Crippen molar-refractivity contribution in [3.63, 3.8) is 0 Å². The van der Waals surface area contributed by atoms with E-state index in [1.807, 2.05) is 0 Å². The highest BCUT2D eigenvalue weighted by atomic mass is 16.6. The Morgan fingerprint density at radius 2 is 2.00 bits per heavy atom. The summed E-state index contributed by atoms with van der Waals surface area (Å²) in [7, 11) is 3.13. The lowest BCUT2D eigenvalue weighted by Gasteiger charge is -2.10. The summed E-state index contributed by atoms with van der Waals surface area (Å²) in [5, 5.41) is 10.8. The van der Waals surface area contributed by atoms with Gasteiger partial charge in [-0.1, -0.05) is 12.1 Å². The summed E-state index contributed by atoms with van der Waals surface area (Å²) in [5.41, 5.74) is 0.508. The van der Waals surface area contributed by atoms with Gasteiger partial charge in [-0.25, -0.2) is 0 Å². The van der Waals surface area contributed by atoms with Gasteiger partial charge in [0.2, 0.25) is 0 Å². The molecule has 0 aliphatic rings. The van der Waals surface area contributed by atoms with Crippen LogP contribution in [-0.2, 0) is 0 Å². The second-order valence-electron chi connectivity index (χ2n) is 3.43. The van der Waals surface area contributed by atoms with Crippen LogP contribution >= 0.6 is 0 Å². The minimum atomic E-state index is -0.522. The fraction of sp³-hybridized carbons (Fsp3) is 0.300. The van der Waals surface area contributed by atoms with Gasteiger partial charge in [0.25, 0.3) is 11.6 Å². The zero-order valence-corrected chi connectivity index (χ0v) is 8.85. The number of amides is 1. The lowest BCUT2D eigenvalue weighted by atomic mass is 10.1. The molecule has 0 fully saturated rings. The molecule has 0 aliphatic carbocycles. The van der Waals surface area contributed by atoms with Gasteiger partial charge in [0.15, 0.2) is 0 Å². The molecule has 0 aliphatic heterocycles. The molecule has 0 N–H and O–H groups in total. The molecular weight excluding hydrogens is 196 g/mol. The third-order valence-electron chi connectivity index (χ3n) is 2.06. The Kier molecular flexibility index (Phi) is 3.04. The lowest BCUT2D eigenvalue weighted by Crippen LogP contribution is -2.22. The number of nitro groups is 1. The van der Waals surface area contributed by atoms with Crippen molar-refractivity contribution in [1.29, 1.82) is 0 Å². The average molecular weight is 208 g/mol. The van der Waals surface area contributed by atoms with Crippen LogP contribution in [0.1, 0.15) is 15.9 Å². The summed E-state index contributed by atoms with van der Waals surface area (Å²) >= 11 is 0. The largest absolute Gasteiger partial charge is 0.345 e. The van der Waals surface area contributed by atoms with Gasteiger partial charge in [0.1, 0.15) is 5.56 Å². The zero-order chi connectivity index (χ0) is 11.6. The average Bonchev–Trinajstić information content (AvgIpc) is 2.15. The molecule has 5 heteroatoms. The van der Waals surface area contributed by atoms with Crippen molar-refractivity contribution in [2.24, 2.45) is 0 Å².